The first-order valence-corrected chi connectivity index (χ1v) is 6.95. The highest BCUT2D eigenvalue weighted by atomic mass is 19.1. The molecule has 0 saturated heterocycles. The minimum atomic E-state index is -0.436. The molecule has 0 aliphatic heterocycles. The third-order valence-electron chi connectivity index (χ3n) is 3.08. The largest absolute Gasteiger partial charge is 0.485 e. The standard InChI is InChI=1S/C17H19F2NO/c1-12(2)20-10-13-7-5-9-16(19)17(13)21-11-14-6-3-4-8-15(14)18/h3-9,12,20H,10-11H2,1-2H3. The van der Waals surface area contributed by atoms with Crippen LogP contribution in [0.1, 0.15) is 25.0 Å². The molecule has 2 nitrogen and oxygen atoms in total. The van der Waals surface area contributed by atoms with Gasteiger partial charge in [0.2, 0.25) is 0 Å². The maximum atomic E-state index is 13.9. The van der Waals surface area contributed by atoms with Crippen molar-refractivity contribution in [1.29, 1.82) is 0 Å². The first-order chi connectivity index (χ1) is 10.1. The second-order valence-corrected chi connectivity index (χ2v) is 5.14. The first-order valence-electron chi connectivity index (χ1n) is 6.95. The molecule has 0 fully saturated rings. The van der Waals surface area contributed by atoms with Gasteiger partial charge in [0.15, 0.2) is 11.6 Å². The number of hydrogen-bond acceptors (Lipinski definition) is 2. The number of ether oxygens (including phenoxy) is 1. The van der Waals surface area contributed by atoms with Gasteiger partial charge in [-0.1, -0.05) is 44.2 Å². The molecule has 0 aromatic heterocycles. The van der Waals surface area contributed by atoms with Crippen molar-refractivity contribution in [3.63, 3.8) is 0 Å². The molecule has 0 aliphatic carbocycles. The summed E-state index contributed by atoms with van der Waals surface area (Å²) in [5.74, 6) is -0.612. The van der Waals surface area contributed by atoms with Gasteiger partial charge in [-0.25, -0.2) is 8.78 Å². The highest BCUT2D eigenvalue weighted by molar-refractivity contribution is 5.35. The van der Waals surface area contributed by atoms with Crippen LogP contribution in [0, 0.1) is 11.6 Å². The van der Waals surface area contributed by atoms with E-state index in [0.717, 1.165) is 5.56 Å². The van der Waals surface area contributed by atoms with Crippen molar-refractivity contribution in [2.75, 3.05) is 0 Å². The van der Waals surface area contributed by atoms with Gasteiger partial charge < -0.3 is 10.1 Å². The van der Waals surface area contributed by atoms with Crippen LogP contribution in [0.5, 0.6) is 5.75 Å². The molecule has 0 radical (unpaired) electrons. The van der Waals surface area contributed by atoms with Crippen LogP contribution in [0.4, 0.5) is 8.78 Å². The lowest BCUT2D eigenvalue weighted by Gasteiger charge is -2.14. The summed E-state index contributed by atoms with van der Waals surface area (Å²) in [7, 11) is 0. The lowest BCUT2D eigenvalue weighted by molar-refractivity contribution is 0.280. The fourth-order valence-electron chi connectivity index (χ4n) is 1.93. The molecular weight excluding hydrogens is 272 g/mol. The van der Waals surface area contributed by atoms with Crippen LogP contribution in [0.25, 0.3) is 0 Å². The lowest BCUT2D eigenvalue weighted by atomic mass is 10.1. The molecule has 1 N–H and O–H groups in total. The van der Waals surface area contributed by atoms with Crippen LogP contribution in [0.2, 0.25) is 0 Å². The van der Waals surface area contributed by atoms with Crippen LogP contribution in [0.3, 0.4) is 0 Å². The molecule has 0 unspecified atom stereocenters. The summed E-state index contributed by atoms with van der Waals surface area (Å²) in [6.07, 6.45) is 0. The Morgan fingerprint density at radius 3 is 2.33 bits per heavy atom. The van der Waals surface area contributed by atoms with Crippen LogP contribution in [-0.2, 0) is 13.2 Å². The Bertz CT molecular complexity index is 599. The van der Waals surface area contributed by atoms with E-state index < -0.39 is 5.82 Å². The molecule has 0 bridgehead atoms. The summed E-state index contributed by atoms with van der Waals surface area (Å²) in [4.78, 5) is 0. The monoisotopic (exact) mass is 291 g/mol. The van der Waals surface area contributed by atoms with Crippen molar-refractivity contribution < 1.29 is 13.5 Å². The van der Waals surface area contributed by atoms with Gasteiger partial charge in [0.1, 0.15) is 12.4 Å². The number of rotatable bonds is 6. The van der Waals surface area contributed by atoms with Crippen LogP contribution >= 0.6 is 0 Å². The lowest BCUT2D eigenvalue weighted by Crippen LogP contribution is -2.22. The minimum absolute atomic E-state index is 0.00227. The number of hydrogen-bond donors (Lipinski definition) is 1. The van der Waals surface area contributed by atoms with E-state index in [9.17, 15) is 8.78 Å². The van der Waals surface area contributed by atoms with E-state index in [-0.39, 0.29) is 24.2 Å². The number of nitrogens with one attached hydrogen (secondary N) is 1. The molecule has 21 heavy (non-hydrogen) atoms. The summed E-state index contributed by atoms with van der Waals surface area (Å²) in [5, 5.41) is 3.22. The van der Waals surface area contributed by atoms with E-state index in [0.29, 0.717) is 12.1 Å². The molecule has 112 valence electrons. The second kappa shape index (κ2) is 7.18. The van der Waals surface area contributed by atoms with E-state index in [4.69, 9.17) is 4.74 Å². The highest BCUT2D eigenvalue weighted by Crippen LogP contribution is 2.24. The molecule has 0 amide bonds. The van der Waals surface area contributed by atoms with Crippen molar-refractivity contribution in [3.8, 4) is 5.75 Å². The summed E-state index contributed by atoms with van der Waals surface area (Å²) in [6.45, 7) is 4.53. The van der Waals surface area contributed by atoms with Gasteiger partial charge in [0.25, 0.3) is 0 Å². The Labute approximate surface area is 123 Å². The molecule has 0 spiro atoms. The second-order valence-electron chi connectivity index (χ2n) is 5.14. The highest BCUT2D eigenvalue weighted by Gasteiger charge is 2.11. The normalized spacial score (nSPS) is 10.9. The van der Waals surface area contributed by atoms with Gasteiger partial charge >= 0.3 is 0 Å². The van der Waals surface area contributed by atoms with Crippen molar-refractivity contribution in [3.05, 3.63) is 65.2 Å². The van der Waals surface area contributed by atoms with Gasteiger partial charge in [-0.2, -0.15) is 0 Å². The summed E-state index contributed by atoms with van der Waals surface area (Å²) in [6, 6.07) is 11.4. The van der Waals surface area contributed by atoms with E-state index in [2.05, 4.69) is 5.32 Å². The molecule has 2 aromatic carbocycles. The van der Waals surface area contributed by atoms with Crippen LogP contribution in [0.15, 0.2) is 42.5 Å². The number of benzene rings is 2. The van der Waals surface area contributed by atoms with Crippen molar-refractivity contribution in [1.82, 2.24) is 5.32 Å². The zero-order valence-corrected chi connectivity index (χ0v) is 12.2. The van der Waals surface area contributed by atoms with Crippen molar-refractivity contribution in [2.45, 2.75) is 33.0 Å². The van der Waals surface area contributed by atoms with Crippen molar-refractivity contribution >= 4 is 0 Å². The SMILES string of the molecule is CC(C)NCc1cccc(F)c1OCc1ccccc1F. The summed E-state index contributed by atoms with van der Waals surface area (Å²) in [5.41, 5.74) is 1.13. The van der Waals surface area contributed by atoms with E-state index >= 15 is 0 Å². The first kappa shape index (κ1) is 15.4. The molecule has 0 heterocycles. The van der Waals surface area contributed by atoms with Crippen molar-refractivity contribution in [2.24, 2.45) is 0 Å². The Kier molecular flexibility index (Phi) is 5.28. The average molecular weight is 291 g/mol. The molecule has 0 atom stereocenters. The minimum Gasteiger partial charge on any atom is -0.485 e. The van der Waals surface area contributed by atoms with E-state index in [1.807, 2.05) is 13.8 Å². The smallest absolute Gasteiger partial charge is 0.165 e. The molecule has 2 aromatic rings. The fourth-order valence-corrected chi connectivity index (χ4v) is 1.93. The fraction of sp³-hybridized carbons (Fsp3) is 0.294. The summed E-state index contributed by atoms with van der Waals surface area (Å²) >= 11 is 0. The van der Waals surface area contributed by atoms with Gasteiger partial charge in [-0.3, -0.25) is 0 Å². The predicted octanol–water partition coefficient (Wildman–Crippen LogP) is 4.04. The van der Waals surface area contributed by atoms with Gasteiger partial charge in [-0.05, 0) is 12.1 Å². The number of para-hydroxylation sites is 1. The zero-order valence-electron chi connectivity index (χ0n) is 12.2. The van der Waals surface area contributed by atoms with E-state index in [1.54, 1.807) is 30.3 Å². The maximum absolute atomic E-state index is 13.9. The van der Waals surface area contributed by atoms with Gasteiger partial charge in [0.05, 0.1) is 0 Å². The van der Waals surface area contributed by atoms with Gasteiger partial charge in [0, 0.05) is 23.7 Å². The Morgan fingerprint density at radius 1 is 0.952 bits per heavy atom. The molecular formula is C17H19F2NO. The maximum Gasteiger partial charge on any atom is 0.165 e. The third-order valence-corrected chi connectivity index (χ3v) is 3.08. The molecule has 2 rings (SSSR count). The predicted molar refractivity (Wildman–Crippen MR) is 79.1 cm³/mol. The number of halogens is 2. The Morgan fingerprint density at radius 2 is 1.62 bits per heavy atom. The topological polar surface area (TPSA) is 21.3 Å². The third kappa shape index (κ3) is 4.26. The average Bonchev–Trinajstić information content (AvgIpc) is 2.45. The van der Waals surface area contributed by atoms with E-state index in [1.165, 1.54) is 12.1 Å². The summed E-state index contributed by atoms with van der Waals surface area (Å²) < 4.78 is 33.0. The molecule has 4 heteroatoms. The Hall–Kier alpha value is -1.94. The quantitative estimate of drug-likeness (QED) is 0.867. The Balaban J connectivity index is 2.13. The molecule has 0 aliphatic rings. The van der Waals surface area contributed by atoms with Gasteiger partial charge in [-0.15, -0.1) is 0 Å². The van der Waals surface area contributed by atoms with Crippen LogP contribution < -0.4 is 10.1 Å². The van der Waals surface area contributed by atoms with Crippen LogP contribution in [-0.4, -0.2) is 6.04 Å². The zero-order chi connectivity index (χ0) is 15.2. The molecule has 0 saturated carbocycles.